The topological polar surface area (TPSA) is 50.1 Å². The fourth-order valence-electron chi connectivity index (χ4n) is 4.69. The molecule has 0 N–H and O–H groups in total. The summed E-state index contributed by atoms with van der Waals surface area (Å²) in [6, 6.07) is 10.2. The van der Waals surface area contributed by atoms with E-state index in [1.165, 1.54) is 74.9 Å². The molecule has 0 saturated heterocycles. The SMILES string of the molecule is CCCC1CCC(C(C)Cc2cc(F)c(C(=O)Oc3ccc(C#N)cc3)c(F)c2)CC1. The maximum atomic E-state index is 14.6. The van der Waals surface area contributed by atoms with Crippen molar-refractivity contribution < 1.29 is 18.3 Å². The summed E-state index contributed by atoms with van der Waals surface area (Å²) < 4.78 is 34.3. The highest BCUT2D eigenvalue weighted by Gasteiger charge is 2.26. The Morgan fingerprint density at radius 1 is 1.13 bits per heavy atom. The molecule has 1 aliphatic rings. The van der Waals surface area contributed by atoms with E-state index in [0.29, 0.717) is 29.4 Å². The molecule has 0 heterocycles. The van der Waals surface area contributed by atoms with E-state index >= 15 is 0 Å². The predicted octanol–water partition coefficient (Wildman–Crippen LogP) is 6.84. The van der Waals surface area contributed by atoms with Crippen LogP contribution in [0.2, 0.25) is 0 Å². The molecule has 0 aromatic heterocycles. The Labute approximate surface area is 183 Å². The summed E-state index contributed by atoms with van der Waals surface area (Å²) in [6.07, 6.45) is 7.93. The molecule has 0 amide bonds. The van der Waals surface area contributed by atoms with E-state index in [-0.39, 0.29) is 5.75 Å². The molecular weight excluding hydrogens is 396 g/mol. The minimum atomic E-state index is -1.09. The van der Waals surface area contributed by atoms with Crippen LogP contribution in [0.25, 0.3) is 0 Å². The van der Waals surface area contributed by atoms with E-state index in [1.807, 2.05) is 6.07 Å². The molecule has 0 aliphatic heterocycles. The van der Waals surface area contributed by atoms with Crippen molar-refractivity contribution in [3.05, 3.63) is 64.7 Å². The van der Waals surface area contributed by atoms with Gasteiger partial charge < -0.3 is 4.74 Å². The van der Waals surface area contributed by atoms with Gasteiger partial charge in [-0.3, -0.25) is 0 Å². The third-order valence-corrected chi connectivity index (χ3v) is 6.45. The molecule has 2 aromatic rings. The maximum Gasteiger partial charge on any atom is 0.349 e. The summed E-state index contributed by atoms with van der Waals surface area (Å²) in [6.45, 7) is 4.37. The van der Waals surface area contributed by atoms with Gasteiger partial charge in [-0.15, -0.1) is 0 Å². The van der Waals surface area contributed by atoms with E-state index in [2.05, 4.69) is 13.8 Å². The zero-order chi connectivity index (χ0) is 22.4. The van der Waals surface area contributed by atoms with Gasteiger partial charge >= 0.3 is 5.97 Å². The van der Waals surface area contributed by atoms with Crippen molar-refractivity contribution in [2.45, 2.75) is 58.8 Å². The summed E-state index contributed by atoms with van der Waals surface area (Å²) in [5.41, 5.74) is 0.267. The van der Waals surface area contributed by atoms with Gasteiger partial charge in [-0.25, -0.2) is 13.6 Å². The van der Waals surface area contributed by atoms with Crippen LogP contribution in [0, 0.1) is 40.7 Å². The van der Waals surface area contributed by atoms with Crippen LogP contribution in [0.3, 0.4) is 0 Å². The molecule has 0 bridgehead atoms. The molecule has 1 saturated carbocycles. The van der Waals surface area contributed by atoms with Crippen LogP contribution in [-0.4, -0.2) is 5.97 Å². The fraction of sp³-hybridized carbons (Fsp3) is 0.462. The first-order chi connectivity index (χ1) is 14.9. The number of carbonyl (C=O) groups excluding carboxylic acids is 1. The summed E-state index contributed by atoms with van der Waals surface area (Å²) >= 11 is 0. The van der Waals surface area contributed by atoms with E-state index in [1.54, 1.807) is 0 Å². The maximum absolute atomic E-state index is 14.6. The number of nitrogens with zero attached hydrogens (tertiary/aromatic N) is 1. The molecule has 2 aromatic carbocycles. The van der Waals surface area contributed by atoms with Crippen LogP contribution in [-0.2, 0) is 6.42 Å². The number of ether oxygens (including phenoxy) is 1. The highest BCUT2D eigenvalue weighted by Crippen LogP contribution is 2.36. The minimum Gasteiger partial charge on any atom is -0.423 e. The number of hydrogen-bond donors (Lipinski definition) is 0. The molecule has 1 unspecified atom stereocenters. The molecule has 3 nitrogen and oxygen atoms in total. The third-order valence-electron chi connectivity index (χ3n) is 6.45. The second-order valence-electron chi connectivity index (χ2n) is 8.71. The Hall–Kier alpha value is -2.74. The predicted molar refractivity (Wildman–Crippen MR) is 116 cm³/mol. The van der Waals surface area contributed by atoms with Crippen molar-refractivity contribution in [1.82, 2.24) is 0 Å². The van der Waals surface area contributed by atoms with E-state index in [0.717, 1.165) is 5.92 Å². The highest BCUT2D eigenvalue weighted by molar-refractivity contribution is 5.91. The molecule has 0 radical (unpaired) electrons. The Bertz CT molecular complexity index is 918. The van der Waals surface area contributed by atoms with Crippen molar-refractivity contribution in [3.8, 4) is 11.8 Å². The summed E-state index contributed by atoms with van der Waals surface area (Å²) in [5.74, 6) is -1.06. The molecule has 3 rings (SSSR count). The lowest BCUT2D eigenvalue weighted by Crippen LogP contribution is -2.22. The number of rotatable bonds is 7. The average Bonchev–Trinajstić information content (AvgIpc) is 2.74. The van der Waals surface area contributed by atoms with Gasteiger partial charge in [-0.2, -0.15) is 5.26 Å². The molecule has 1 fully saturated rings. The Morgan fingerprint density at radius 3 is 2.29 bits per heavy atom. The minimum absolute atomic E-state index is 0.124. The van der Waals surface area contributed by atoms with Gasteiger partial charge in [0.1, 0.15) is 22.9 Å². The second-order valence-corrected chi connectivity index (χ2v) is 8.71. The number of nitriles is 1. The van der Waals surface area contributed by atoms with E-state index < -0.39 is 23.2 Å². The quantitative estimate of drug-likeness (QED) is 0.360. The molecule has 31 heavy (non-hydrogen) atoms. The van der Waals surface area contributed by atoms with Gasteiger partial charge in [0.25, 0.3) is 0 Å². The first-order valence-corrected chi connectivity index (χ1v) is 11.1. The van der Waals surface area contributed by atoms with E-state index in [9.17, 15) is 13.6 Å². The van der Waals surface area contributed by atoms with Crippen LogP contribution < -0.4 is 4.74 Å². The van der Waals surface area contributed by atoms with Gasteiger partial charge in [-0.1, -0.05) is 39.5 Å². The van der Waals surface area contributed by atoms with Crippen molar-refractivity contribution in [1.29, 1.82) is 5.26 Å². The van der Waals surface area contributed by atoms with Gasteiger partial charge in [0.15, 0.2) is 0 Å². The Kier molecular flexibility index (Phi) is 7.79. The van der Waals surface area contributed by atoms with Crippen LogP contribution in [0.15, 0.2) is 36.4 Å². The summed E-state index contributed by atoms with van der Waals surface area (Å²) in [4.78, 5) is 12.3. The first-order valence-electron chi connectivity index (χ1n) is 11.1. The van der Waals surface area contributed by atoms with Gasteiger partial charge in [0.2, 0.25) is 0 Å². The lowest BCUT2D eigenvalue weighted by Gasteiger charge is -2.32. The summed E-state index contributed by atoms with van der Waals surface area (Å²) in [7, 11) is 0. The monoisotopic (exact) mass is 425 g/mol. The number of halogens is 2. The molecule has 1 aliphatic carbocycles. The lowest BCUT2D eigenvalue weighted by molar-refractivity contribution is 0.0724. The van der Waals surface area contributed by atoms with Gasteiger partial charge in [0.05, 0.1) is 11.6 Å². The molecular formula is C26H29F2NO2. The normalized spacial score (nSPS) is 19.5. The van der Waals surface area contributed by atoms with Crippen LogP contribution in [0.5, 0.6) is 5.75 Å². The van der Waals surface area contributed by atoms with Gasteiger partial charge in [0, 0.05) is 0 Å². The van der Waals surface area contributed by atoms with Gasteiger partial charge in [-0.05, 0) is 79.0 Å². The zero-order valence-electron chi connectivity index (χ0n) is 18.2. The standard InChI is InChI=1S/C26H29F2NO2/c1-3-4-18-5-9-21(10-6-18)17(2)13-20-14-23(27)25(24(28)15-20)26(30)31-22-11-7-19(16-29)8-12-22/h7-8,11-12,14-15,17-18,21H,3-6,9-10,13H2,1-2H3. The zero-order valence-corrected chi connectivity index (χ0v) is 18.2. The number of carbonyl (C=O) groups is 1. The number of hydrogen-bond acceptors (Lipinski definition) is 3. The van der Waals surface area contributed by atoms with Crippen LogP contribution >= 0.6 is 0 Å². The molecule has 1 atom stereocenters. The largest absolute Gasteiger partial charge is 0.423 e. The highest BCUT2D eigenvalue weighted by atomic mass is 19.1. The second kappa shape index (κ2) is 10.5. The Morgan fingerprint density at radius 2 is 1.74 bits per heavy atom. The average molecular weight is 426 g/mol. The summed E-state index contributed by atoms with van der Waals surface area (Å²) in [5, 5.41) is 8.81. The van der Waals surface area contributed by atoms with Crippen LogP contribution in [0.4, 0.5) is 8.78 Å². The Balaban J connectivity index is 1.64. The smallest absolute Gasteiger partial charge is 0.349 e. The van der Waals surface area contributed by atoms with Crippen molar-refractivity contribution in [3.63, 3.8) is 0 Å². The molecule has 164 valence electrons. The lowest BCUT2D eigenvalue weighted by atomic mass is 9.73. The first kappa shape index (κ1) is 22.9. The third kappa shape index (κ3) is 5.91. The number of esters is 1. The van der Waals surface area contributed by atoms with E-state index in [4.69, 9.17) is 10.00 Å². The molecule has 0 spiro atoms. The molecule has 5 heteroatoms. The van der Waals surface area contributed by atoms with Crippen molar-refractivity contribution in [2.24, 2.45) is 17.8 Å². The fourth-order valence-corrected chi connectivity index (χ4v) is 4.69. The number of benzene rings is 2. The van der Waals surface area contributed by atoms with Crippen molar-refractivity contribution >= 4 is 5.97 Å². The van der Waals surface area contributed by atoms with Crippen molar-refractivity contribution in [2.75, 3.05) is 0 Å². The van der Waals surface area contributed by atoms with Crippen LogP contribution in [0.1, 0.15) is 73.9 Å².